The molecule has 178 valence electrons. The molecule has 0 aliphatic rings. The van der Waals surface area contributed by atoms with Gasteiger partial charge in [-0.25, -0.2) is 0 Å². The molecule has 3 aromatic rings. The van der Waals surface area contributed by atoms with Gasteiger partial charge in [-0.1, -0.05) is 23.7 Å². The average molecular weight is 503 g/mol. The standard InChI is InChI=1S/C25H24ClO7P/c1-31-20-7-11-22(12-8-20)34(30,23-13-9-21(32-2)10-14-23)33-25(29)16-18(15-24(27)28)17-3-5-19(26)6-4-17/h3-14,18H,15-16H2,1-2H3,(H,27,28). The Labute approximate surface area is 202 Å². The zero-order chi connectivity index (χ0) is 24.7. The molecule has 0 saturated heterocycles. The minimum absolute atomic E-state index is 0.274. The van der Waals surface area contributed by atoms with E-state index < -0.39 is 25.2 Å². The van der Waals surface area contributed by atoms with Crippen molar-refractivity contribution < 1.29 is 33.3 Å². The Morgan fingerprint density at radius 3 is 1.71 bits per heavy atom. The van der Waals surface area contributed by atoms with Crippen LogP contribution in [0.3, 0.4) is 0 Å². The van der Waals surface area contributed by atoms with E-state index in [1.165, 1.54) is 14.2 Å². The van der Waals surface area contributed by atoms with E-state index in [2.05, 4.69) is 0 Å². The molecule has 0 bridgehead atoms. The Hall–Kier alpha value is -3.28. The maximum atomic E-state index is 14.2. The van der Waals surface area contributed by atoms with Gasteiger partial charge in [0.15, 0.2) is 0 Å². The van der Waals surface area contributed by atoms with Crippen LogP contribution in [0.1, 0.15) is 24.3 Å². The largest absolute Gasteiger partial charge is 0.497 e. The number of carbonyl (C=O) groups is 2. The fraction of sp³-hybridized carbons (Fsp3) is 0.200. The molecule has 1 N–H and O–H groups in total. The first kappa shape index (κ1) is 25.3. The summed E-state index contributed by atoms with van der Waals surface area (Å²) in [6, 6.07) is 19.4. The highest BCUT2D eigenvalue weighted by Gasteiger charge is 2.34. The molecular weight excluding hydrogens is 479 g/mol. The fourth-order valence-electron chi connectivity index (χ4n) is 3.45. The lowest BCUT2D eigenvalue weighted by Gasteiger charge is -2.21. The van der Waals surface area contributed by atoms with Crippen molar-refractivity contribution in [3.05, 3.63) is 83.4 Å². The number of carboxylic acids is 1. The second-order valence-electron chi connectivity index (χ2n) is 7.46. The smallest absolute Gasteiger partial charge is 0.311 e. The maximum absolute atomic E-state index is 14.2. The topological polar surface area (TPSA) is 99.1 Å². The molecule has 7 nitrogen and oxygen atoms in total. The number of carbonyl (C=O) groups excluding carboxylic acids is 1. The fourth-order valence-corrected chi connectivity index (χ4v) is 5.53. The summed E-state index contributed by atoms with van der Waals surface area (Å²) in [7, 11) is -0.837. The maximum Gasteiger partial charge on any atom is 0.311 e. The molecule has 1 unspecified atom stereocenters. The van der Waals surface area contributed by atoms with Gasteiger partial charge < -0.3 is 19.1 Å². The molecule has 0 aromatic heterocycles. The second-order valence-corrected chi connectivity index (χ2v) is 10.2. The van der Waals surface area contributed by atoms with E-state index in [0.29, 0.717) is 32.7 Å². The van der Waals surface area contributed by atoms with Crippen molar-refractivity contribution in [3.8, 4) is 11.5 Å². The monoisotopic (exact) mass is 502 g/mol. The first-order chi connectivity index (χ1) is 16.2. The van der Waals surface area contributed by atoms with Crippen molar-refractivity contribution >= 4 is 41.5 Å². The lowest BCUT2D eigenvalue weighted by atomic mass is 9.93. The van der Waals surface area contributed by atoms with Crippen molar-refractivity contribution in [2.24, 2.45) is 0 Å². The highest BCUT2D eigenvalue weighted by molar-refractivity contribution is 7.74. The van der Waals surface area contributed by atoms with E-state index >= 15 is 0 Å². The number of ether oxygens (including phenoxy) is 2. The van der Waals surface area contributed by atoms with Crippen LogP contribution in [0.15, 0.2) is 72.8 Å². The molecule has 34 heavy (non-hydrogen) atoms. The van der Waals surface area contributed by atoms with Gasteiger partial charge in [-0.05, 0) is 66.2 Å². The van der Waals surface area contributed by atoms with Crippen molar-refractivity contribution in [2.45, 2.75) is 18.8 Å². The van der Waals surface area contributed by atoms with Gasteiger partial charge >= 0.3 is 19.3 Å². The summed E-state index contributed by atoms with van der Waals surface area (Å²) in [4.78, 5) is 24.4. The summed E-state index contributed by atoms with van der Waals surface area (Å²) in [5, 5.41) is 10.4. The normalized spacial score (nSPS) is 12.0. The number of carboxylic acid groups (broad SMARTS) is 1. The lowest BCUT2D eigenvalue weighted by Crippen LogP contribution is -2.22. The zero-order valence-corrected chi connectivity index (χ0v) is 20.3. The lowest BCUT2D eigenvalue weighted by molar-refractivity contribution is -0.138. The molecule has 3 rings (SSSR count). The summed E-state index contributed by atoms with van der Waals surface area (Å²) in [5.74, 6) is -1.42. The van der Waals surface area contributed by atoms with Crippen LogP contribution in [0.25, 0.3) is 0 Å². The SMILES string of the molecule is COc1ccc(P(=O)(OC(=O)CC(CC(=O)O)c2ccc(Cl)cc2)c2ccc(OC)cc2)cc1. The van der Waals surface area contributed by atoms with E-state index in [0.717, 1.165) is 0 Å². The second kappa shape index (κ2) is 11.2. The molecule has 0 heterocycles. The zero-order valence-electron chi connectivity index (χ0n) is 18.6. The number of hydrogen-bond acceptors (Lipinski definition) is 6. The number of aliphatic carboxylic acids is 1. The number of hydrogen-bond donors (Lipinski definition) is 1. The highest BCUT2D eigenvalue weighted by atomic mass is 35.5. The average Bonchev–Trinajstić information content (AvgIpc) is 2.83. The predicted molar refractivity (Wildman–Crippen MR) is 130 cm³/mol. The summed E-state index contributed by atoms with van der Waals surface area (Å²) in [6.45, 7) is 0. The Morgan fingerprint density at radius 2 is 1.29 bits per heavy atom. The minimum atomic E-state index is -3.86. The molecule has 0 radical (unpaired) electrons. The van der Waals surface area contributed by atoms with Gasteiger partial charge in [0.05, 0.1) is 37.7 Å². The van der Waals surface area contributed by atoms with Crippen LogP contribution >= 0.6 is 19.0 Å². The summed E-state index contributed by atoms with van der Waals surface area (Å²) >= 11 is 5.93. The van der Waals surface area contributed by atoms with E-state index in [-0.39, 0.29) is 12.8 Å². The van der Waals surface area contributed by atoms with Crippen LogP contribution in [-0.4, -0.2) is 31.3 Å². The molecule has 0 aliphatic carbocycles. The number of halogens is 1. The highest BCUT2D eigenvalue weighted by Crippen LogP contribution is 2.46. The summed E-state index contributed by atoms with van der Waals surface area (Å²) in [5.41, 5.74) is 0.618. The van der Waals surface area contributed by atoms with Gasteiger partial charge in [-0.15, -0.1) is 0 Å². The van der Waals surface area contributed by atoms with Crippen molar-refractivity contribution in [3.63, 3.8) is 0 Å². The third kappa shape index (κ3) is 6.19. The van der Waals surface area contributed by atoms with Gasteiger partial charge in [0.25, 0.3) is 0 Å². The van der Waals surface area contributed by atoms with E-state index in [4.69, 9.17) is 25.6 Å². The molecule has 0 spiro atoms. The molecule has 0 amide bonds. The first-order valence-corrected chi connectivity index (χ1v) is 12.3. The summed E-state index contributed by atoms with van der Waals surface area (Å²) in [6.07, 6.45) is -0.573. The Kier molecular flexibility index (Phi) is 8.37. The van der Waals surface area contributed by atoms with Crippen LogP contribution < -0.4 is 20.1 Å². The molecule has 1 atom stereocenters. The molecule has 3 aromatic carbocycles. The molecule has 9 heteroatoms. The molecule has 0 aliphatic heterocycles. The van der Waals surface area contributed by atoms with Crippen LogP contribution in [0.2, 0.25) is 5.02 Å². The van der Waals surface area contributed by atoms with Crippen molar-refractivity contribution in [2.75, 3.05) is 14.2 Å². The quantitative estimate of drug-likeness (QED) is 0.398. The van der Waals surface area contributed by atoms with Gasteiger partial charge in [-0.3, -0.25) is 14.2 Å². The number of rotatable bonds is 10. The third-order valence-corrected chi connectivity index (χ3v) is 7.90. The number of methoxy groups -OCH3 is 2. The third-order valence-electron chi connectivity index (χ3n) is 5.23. The summed E-state index contributed by atoms with van der Waals surface area (Å²) < 4.78 is 30.1. The number of benzene rings is 3. The van der Waals surface area contributed by atoms with Gasteiger partial charge in [0.1, 0.15) is 11.5 Å². The van der Waals surface area contributed by atoms with Crippen molar-refractivity contribution in [1.29, 1.82) is 0 Å². The molecular formula is C25H24ClO7P. The van der Waals surface area contributed by atoms with E-state index in [1.54, 1.807) is 72.8 Å². The van der Waals surface area contributed by atoms with Gasteiger partial charge in [-0.2, -0.15) is 0 Å². The Balaban J connectivity index is 1.93. The van der Waals surface area contributed by atoms with Gasteiger partial charge in [0.2, 0.25) is 0 Å². The van der Waals surface area contributed by atoms with Crippen molar-refractivity contribution in [1.82, 2.24) is 0 Å². The van der Waals surface area contributed by atoms with Crippen LogP contribution in [-0.2, 0) is 18.7 Å². The van der Waals surface area contributed by atoms with E-state index in [9.17, 15) is 19.3 Å². The van der Waals surface area contributed by atoms with Gasteiger partial charge in [0, 0.05) is 10.9 Å². The van der Waals surface area contributed by atoms with Crippen LogP contribution in [0, 0.1) is 0 Å². The van der Waals surface area contributed by atoms with E-state index in [1.807, 2.05) is 0 Å². The van der Waals surface area contributed by atoms with Crippen LogP contribution in [0.4, 0.5) is 0 Å². The predicted octanol–water partition coefficient (Wildman–Crippen LogP) is 4.78. The Morgan fingerprint density at radius 1 is 0.824 bits per heavy atom. The Bertz CT molecular complexity index is 1120. The molecule has 0 fully saturated rings. The first-order valence-electron chi connectivity index (χ1n) is 10.3. The van der Waals surface area contributed by atoms with Crippen LogP contribution in [0.5, 0.6) is 11.5 Å². The minimum Gasteiger partial charge on any atom is -0.497 e. The molecule has 0 saturated carbocycles.